The van der Waals surface area contributed by atoms with Crippen molar-refractivity contribution in [2.75, 3.05) is 49.8 Å². The van der Waals surface area contributed by atoms with Crippen molar-refractivity contribution in [3.8, 4) is 17.0 Å². The first-order valence-electron chi connectivity index (χ1n) is 12.1. The van der Waals surface area contributed by atoms with E-state index in [1.165, 1.54) is 6.08 Å². The molecule has 1 amide bonds. The second-order valence-electron chi connectivity index (χ2n) is 9.26. The van der Waals surface area contributed by atoms with Crippen LogP contribution >= 0.6 is 11.6 Å². The highest BCUT2D eigenvalue weighted by molar-refractivity contribution is 6.33. The Balaban J connectivity index is 1.69. The lowest BCUT2D eigenvalue weighted by molar-refractivity contribution is -0.111. The summed E-state index contributed by atoms with van der Waals surface area (Å²) in [5.74, 6) is 0.637. The van der Waals surface area contributed by atoms with Crippen molar-refractivity contribution in [2.45, 2.75) is 25.8 Å². The van der Waals surface area contributed by atoms with Crippen LogP contribution in [0, 0.1) is 6.92 Å². The van der Waals surface area contributed by atoms with Gasteiger partial charge < -0.3 is 25.2 Å². The van der Waals surface area contributed by atoms with E-state index in [0.29, 0.717) is 39.8 Å². The molecule has 196 valence electrons. The number of methoxy groups -OCH3 is 1. The molecule has 3 aromatic rings. The Morgan fingerprint density at radius 1 is 1.27 bits per heavy atom. The predicted molar refractivity (Wildman–Crippen MR) is 148 cm³/mol. The maximum absolute atomic E-state index is 12.3. The summed E-state index contributed by atoms with van der Waals surface area (Å²) in [6.07, 6.45) is 6.72. The average molecular weight is 525 g/mol. The number of anilines is 4. The molecule has 11 heteroatoms. The minimum absolute atomic E-state index is 0.294. The number of rotatable bonds is 8. The highest BCUT2D eigenvalue weighted by Gasteiger charge is 2.24. The first kappa shape index (κ1) is 26.4. The number of amides is 1. The average Bonchev–Trinajstić information content (AvgIpc) is 3.22. The van der Waals surface area contributed by atoms with Gasteiger partial charge in [0.1, 0.15) is 5.75 Å². The monoisotopic (exact) mass is 524 g/mol. The van der Waals surface area contributed by atoms with Crippen molar-refractivity contribution in [2.24, 2.45) is 7.05 Å². The molecular weight excluding hydrogens is 492 g/mol. The molecular formula is C26H33ClN8O2. The Bertz CT molecular complexity index is 1300. The minimum Gasteiger partial charge on any atom is -0.494 e. The fourth-order valence-corrected chi connectivity index (χ4v) is 4.77. The van der Waals surface area contributed by atoms with Gasteiger partial charge in [-0.1, -0.05) is 18.2 Å². The van der Waals surface area contributed by atoms with Gasteiger partial charge in [0.25, 0.3) is 0 Å². The smallest absolute Gasteiger partial charge is 0.247 e. The van der Waals surface area contributed by atoms with Gasteiger partial charge in [-0.3, -0.25) is 9.48 Å². The van der Waals surface area contributed by atoms with Crippen LogP contribution in [0.25, 0.3) is 11.3 Å². The van der Waals surface area contributed by atoms with E-state index in [2.05, 4.69) is 56.2 Å². The number of nitrogens with zero attached hydrogens (tertiary/aromatic N) is 6. The van der Waals surface area contributed by atoms with Crippen LogP contribution in [-0.4, -0.2) is 70.9 Å². The lowest BCUT2D eigenvalue weighted by Gasteiger charge is -2.37. The zero-order valence-electron chi connectivity index (χ0n) is 21.9. The van der Waals surface area contributed by atoms with E-state index >= 15 is 0 Å². The van der Waals surface area contributed by atoms with Crippen molar-refractivity contribution in [3.63, 3.8) is 0 Å². The van der Waals surface area contributed by atoms with Crippen molar-refractivity contribution < 1.29 is 9.53 Å². The molecule has 3 heterocycles. The summed E-state index contributed by atoms with van der Waals surface area (Å²) < 4.78 is 7.45. The Morgan fingerprint density at radius 3 is 2.59 bits per heavy atom. The standard InChI is InChI=1S/C26H33ClN8O2/c1-7-24(36)29-20-12-21(23(37-6)13-22(20)35-10-8-17(9-11-35)33(3)4)30-26-28-14-19(27)25(31-26)18-15-34(5)32-16(18)2/h7,12-15,17H,1,8-11H2,2-6H3,(H,29,36)(H,28,30,31). The topological polar surface area (TPSA) is 100 Å². The number of carbonyl (C=O) groups is 1. The number of piperidine rings is 1. The summed E-state index contributed by atoms with van der Waals surface area (Å²) in [6.45, 7) is 7.23. The normalized spacial score (nSPS) is 14.1. The fourth-order valence-electron chi connectivity index (χ4n) is 4.57. The summed E-state index contributed by atoms with van der Waals surface area (Å²) in [4.78, 5) is 25.8. The molecule has 0 bridgehead atoms. The van der Waals surface area contributed by atoms with E-state index in [1.54, 1.807) is 18.0 Å². The molecule has 0 saturated carbocycles. The van der Waals surface area contributed by atoms with E-state index in [9.17, 15) is 4.79 Å². The number of halogens is 1. The van der Waals surface area contributed by atoms with E-state index in [-0.39, 0.29) is 5.91 Å². The van der Waals surface area contributed by atoms with Crippen molar-refractivity contribution in [1.29, 1.82) is 0 Å². The molecule has 1 aromatic carbocycles. The molecule has 37 heavy (non-hydrogen) atoms. The van der Waals surface area contributed by atoms with Crippen LogP contribution in [0.3, 0.4) is 0 Å². The number of benzene rings is 1. The second-order valence-corrected chi connectivity index (χ2v) is 9.67. The quantitative estimate of drug-likeness (QED) is 0.422. The first-order chi connectivity index (χ1) is 17.7. The number of aromatic nitrogens is 4. The molecule has 1 aliphatic heterocycles. The molecule has 0 aliphatic carbocycles. The van der Waals surface area contributed by atoms with E-state index in [4.69, 9.17) is 16.3 Å². The number of hydrogen-bond acceptors (Lipinski definition) is 8. The SMILES string of the molecule is C=CC(=O)Nc1cc(Nc2ncc(Cl)c(-c3cn(C)nc3C)n2)c(OC)cc1N1CCC(N(C)C)CC1. The summed E-state index contributed by atoms with van der Waals surface area (Å²) in [5.41, 5.74) is 4.34. The Kier molecular flexibility index (Phi) is 7.99. The molecule has 4 rings (SSSR count). The predicted octanol–water partition coefficient (Wildman–Crippen LogP) is 4.25. The summed E-state index contributed by atoms with van der Waals surface area (Å²) in [7, 11) is 7.68. The van der Waals surface area contributed by atoms with Crippen LogP contribution in [0.2, 0.25) is 5.02 Å². The van der Waals surface area contributed by atoms with Crippen LogP contribution in [0.1, 0.15) is 18.5 Å². The van der Waals surface area contributed by atoms with Crippen molar-refractivity contribution in [1.82, 2.24) is 24.6 Å². The van der Waals surface area contributed by atoms with E-state index in [0.717, 1.165) is 42.9 Å². The van der Waals surface area contributed by atoms with Crippen molar-refractivity contribution >= 4 is 40.5 Å². The van der Waals surface area contributed by atoms with Crippen molar-refractivity contribution in [3.05, 3.63) is 47.9 Å². The number of aryl methyl sites for hydroxylation is 2. The molecule has 1 fully saturated rings. The molecule has 0 radical (unpaired) electrons. The van der Waals surface area contributed by atoms with Gasteiger partial charge in [-0.25, -0.2) is 9.97 Å². The summed E-state index contributed by atoms with van der Waals surface area (Å²) >= 11 is 6.43. The van der Waals surface area contributed by atoms with Gasteiger partial charge in [0.15, 0.2) is 0 Å². The lowest BCUT2D eigenvalue weighted by atomic mass is 10.0. The maximum atomic E-state index is 12.3. The number of nitrogens with one attached hydrogen (secondary N) is 2. The Hall–Kier alpha value is -3.63. The highest BCUT2D eigenvalue weighted by atomic mass is 35.5. The fraction of sp³-hybridized carbons (Fsp3) is 0.385. The number of hydrogen-bond donors (Lipinski definition) is 2. The maximum Gasteiger partial charge on any atom is 0.247 e. The third kappa shape index (κ3) is 5.86. The van der Waals surface area contributed by atoms with Gasteiger partial charge in [-0.2, -0.15) is 5.10 Å². The van der Waals surface area contributed by atoms with E-state index in [1.807, 2.05) is 32.3 Å². The highest BCUT2D eigenvalue weighted by Crippen LogP contribution is 2.40. The Labute approximate surface area is 222 Å². The molecule has 0 atom stereocenters. The van der Waals surface area contributed by atoms with Gasteiger partial charge >= 0.3 is 0 Å². The minimum atomic E-state index is -0.294. The largest absolute Gasteiger partial charge is 0.494 e. The molecule has 1 saturated heterocycles. The van der Waals surface area contributed by atoms with Gasteiger partial charge in [-0.15, -0.1) is 0 Å². The zero-order chi connectivity index (χ0) is 26.7. The second kappa shape index (κ2) is 11.2. The van der Waals surface area contributed by atoms with Crippen LogP contribution in [0.5, 0.6) is 5.75 Å². The Morgan fingerprint density at radius 2 is 2.00 bits per heavy atom. The van der Waals surface area contributed by atoms with Gasteiger partial charge in [-0.05, 0) is 46.0 Å². The molecule has 1 aliphatic rings. The third-order valence-electron chi connectivity index (χ3n) is 6.56. The molecule has 2 N–H and O–H groups in total. The molecule has 0 unspecified atom stereocenters. The zero-order valence-corrected chi connectivity index (χ0v) is 22.6. The van der Waals surface area contributed by atoms with Gasteiger partial charge in [0.2, 0.25) is 11.9 Å². The summed E-state index contributed by atoms with van der Waals surface area (Å²) in [6, 6.07) is 4.30. The van der Waals surface area contributed by atoms with Gasteiger partial charge in [0.05, 0.1) is 46.8 Å². The summed E-state index contributed by atoms with van der Waals surface area (Å²) in [5, 5.41) is 11.0. The van der Waals surface area contributed by atoms with Crippen LogP contribution in [0.4, 0.5) is 23.0 Å². The molecule has 10 nitrogen and oxygen atoms in total. The van der Waals surface area contributed by atoms with Gasteiger partial charge in [0, 0.05) is 44.0 Å². The molecule has 0 spiro atoms. The van der Waals surface area contributed by atoms with Crippen LogP contribution < -0.4 is 20.3 Å². The first-order valence-corrected chi connectivity index (χ1v) is 12.4. The van der Waals surface area contributed by atoms with Crippen LogP contribution in [0.15, 0.2) is 37.2 Å². The number of ether oxygens (including phenoxy) is 1. The molecule has 2 aromatic heterocycles. The number of carbonyl (C=O) groups excluding carboxylic acids is 1. The van der Waals surface area contributed by atoms with E-state index < -0.39 is 0 Å². The van der Waals surface area contributed by atoms with Crippen LogP contribution in [-0.2, 0) is 11.8 Å². The lowest BCUT2D eigenvalue weighted by Crippen LogP contribution is -2.42. The third-order valence-corrected chi connectivity index (χ3v) is 6.83.